The topological polar surface area (TPSA) is 122 Å². The number of nitrogens with zero attached hydrogens (tertiary/aromatic N) is 1. The molecule has 3 N–H and O–H groups in total. The number of aromatic carboxylic acids is 1. The van der Waals surface area contributed by atoms with E-state index in [0.717, 1.165) is 6.07 Å². The van der Waals surface area contributed by atoms with Gasteiger partial charge < -0.3 is 15.7 Å². The van der Waals surface area contributed by atoms with Gasteiger partial charge in [0.1, 0.15) is 17.5 Å². The van der Waals surface area contributed by atoms with Crippen molar-refractivity contribution < 1.29 is 24.0 Å². The number of piperidine rings is 1. The van der Waals surface area contributed by atoms with Crippen LogP contribution in [-0.2, 0) is 4.79 Å². The molecule has 0 aromatic heterocycles. The molecule has 2 rings (SSSR count). The molecule has 0 saturated carbocycles. The molecule has 0 radical (unpaired) electrons. The van der Waals surface area contributed by atoms with Crippen LogP contribution in [0.5, 0.6) is 0 Å². The first-order valence-electron chi connectivity index (χ1n) is 6.15. The van der Waals surface area contributed by atoms with Crippen molar-refractivity contribution in [3.8, 4) is 0 Å². The van der Waals surface area contributed by atoms with Crippen LogP contribution in [0.1, 0.15) is 23.2 Å². The summed E-state index contributed by atoms with van der Waals surface area (Å²) in [5, 5.41) is 25.0. The molecule has 1 aromatic rings. The summed E-state index contributed by atoms with van der Waals surface area (Å²) in [6, 6.07) is 0.647. The summed E-state index contributed by atoms with van der Waals surface area (Å²) in [5.74, 6) is -3.08. The van der Waals surface area contributed by atoms with Gasteiger partial charge in [-0.25, -0.2) is 9.18 Å². The van der Waals surface area contributed by atoms with E-state index >= 15 is 0 Å². The highest BCUT2D eigenvalue weighted by Gasteiger charge is 2.27. The van der Waals surface area contributed by atoms with Crippen LogP contribution in [0.25, 0.3) is 0 Å². The second-order valence-electron chi connectivity index (χ2n) is 4.54. The van der Waals surface area contributed by atoms with Crippen molar-refractivity contribution in [1.29, 1.82) is 0 Å². The molecule has 1 amide bonds. The number of carboxylic acids is 1. The number of nitro groups is 1. The van der Waals surface area contributed by atoms with E-state index in [-0.39, 0.29) is 11.6 Å². The van der Waals surface area contributed by atoms with Gasteiger partial charge in [0, 0.05) is 6.54 Å². The third-order valence-corrected chi connectivity index (χ3v) is 3.13. The summed E-state index contributed by atoms with van der Waals surface area (Å²) in [5.41, 5.74) is -1.50. The fourth-order valence-corrected chi connectivity index (χ4v) is 2.09. The van der Waals surface area contributed by atoms with Crippen molar-refractivity contribution >= 4 is 23.3 Å². The van der Waals surface area contributed by atoms with Crippen molar-refractivity contribution in [2.75, 3.05) is 11.9 Å². The molecule has 8 nitrogen and oxygen atoms in total. The number of halogens is 1. The number of carbonyl (C=O) groups is 2. The Morgan fingerprint density at radius 2 is 2.24 bits per heavy atom. The number of carbonyl (C=O) groups excluding carboxylic acids is 1. The predicted molar refractivity (Wildman–Crippen MR) is 69.7 cm³/mol. The first kappa shape index (κ1) is 14.7. The van der Waals surface area contributed by atoms with Gasteiger partial charge >= 0.3 is 5.97 Å². The van der Waals surface area contributed by atoms with Gasteiger partial charge in [-0.05, 0) is 18.9 Å². The van der Waals surface area contributed by atoms with Crippen LogP contribution in [0.15, 0.2) is 12.1 Å². The maximum absolute atomic E-state index is 13.5. The lowest BCUT2D eigenvalue weighted by atomic mass is 10.1. The van der Waals surface area contributed by atoms with E-state index in [1.807, 2.05) is 0 Å². The molecule has 0 bridgehead atoms. The summed E-state index contributed by atoms with van der Waals surface area (Å²) in [6.45, 7) is 0.517. The highest BCUT2D eigenvalue weighted by Crippen LogP contribution is 2.29. The van der Waals surface area contributed by atoms with Gasteiger partial charge in [0.15, 0.2) is 0 Å². The van der Waals surface area contributed by atoms with E-state index in [4.69, 9.17) is 5.11 Å². The van der Waals surface area contributed by atoms with Crippen LogP contribution in [0.3, 0.4) is 0 Å². The lowest BCUT2D eigenvalue weighted by Crippen LogP contribution is -2.44. The number of hydrogen-bond acceptors (Lipinski definition) is 5. The summed E-state index contributed by atoms with van der Waals surface area (Å²) in [6.07, 6.45) is 1.13. The lowest BCUT2D eigenvalue weighted by molar-refractivity contribution is -0.384. The lowest BCUT2D eigenvalue weighted by Gasteiger charge is -2.23. The monoisotopic (exact) mass is 297 g/mol. The third-order valence-electron chi connectivity index (χ3n) is 3.13. The molecule has 1 atom stereocenters. The zero-order valence-corrected chi connectivity index (χ0v) is 10.8. The van der Waals surface area contributed by atoms with Crippen LogP contribution in [-0.4, -0.2) is 34.5 Å². The number of nitrogens with one attached hydrogen (secondary N) is 2. The van der Waals surface area contributed by atoms with Crippen LogP contribution in [0.2, 0.25) is 0 Å². The average molecular weight is 297 g/mol. The highest BCUT2D eigenvalue weighted by molar-refractivity contribution is 5.91. The van der Waals surface area contributed by atoms with E-state index in [1.165, 1.54) is 0 Å². The van der Waals surface area contributed by atoms with Crippen LogP contribution >= 0.6 is 0 Å². The van der Waals surface area contributed by atoms with E-state index in [2.05, 4.69) is 10.6 Å². The zero-order valence-electron chi connectivity index (χ0n) is 10.8. The molecule has 9 heteroatoms. The van der Waals surface area contributed by atoms with E-state index < -0.39 is 34.0 Å². The van der Waals surface area contributed by atoms with Gasteiger partial charge in [-0.2, -0.15) is 0 Å². The predicted octanol–water partition coefficient (Wildman–Crippen LogP) is 1.12. The number of anilines is 1. The third kappa shape index (κ3) is 3.07. The van der Waals surface area contributed by atoms with Gasteiger partial charge in [-0.15, -0.1) is 0 Å². The van der Waals surface area contributed by atoms with Crippen molar-refractivity contribution in [2.45, 2.75) is 18.9 Å². The normalized spacial score (nSPS) is 18.0. The summed E-state index contributed by atoms with van der Waals surface area (Å²) in [4.78, 5) is 32.6. The summed E-state index contributed by atoms with van der Waals surface area (Å²) in [7, 11) is 0. The molecule has 1 aliphatic heterocycles. The Balaban J connectivity index is 2.39. The Bertz CT molecular complexity index is 619. The standard InChI is InChI=1S/C12H12FN3O5/c13-7-5-10(16(20)21)9(4-6(7)12(18)19)15-8-2-1-3-14-11(8)17/h4-5,8,15H,1-3H2,(H,14,17)(H,18,19). The Morgan fingerprint density at radius 1 is 1.52 bits per heavy atom. The fourth-order valence-electron chi connectivity index (χ4n) is 2.09. The van der Waals surface area contributed by atoms with Gasteiger partial charge in [0.2, 0.25) is 5.91 Å². The largest absolute Gasteiger partial charge is 0.478 e. The minimum Gasteiger partial charge on any atom is -0.478 e. The van der Waals surface area contributed by atoms with E-state index in [0.29, 0.717) is 25.5 Å². The first-order chi connectivity index (χ1) is 9.90. The minimum absolute atomic E-state index is 0.194. The molecule has 1 unspecified atom stereocenters. The summed E-state index contributed by atoms with van der Waals surface area (Å²) >= 11 is 0. The molecule has 1 heterocycles. The molecule has 1 aliphatic rings. The van der Waals surface area contributed by atoms with Crippen LogP contribution < -0.4 is 10.6 Å². The maximum Gasteiger partial charge on any atom is 0.338 e. The van der Waals surface area contributed by atoms with E-state index in [9.17, 15) is 24.1 Å². The number of carboxylic acid groups (broad SMARTS) is 1. The summed E-state index contributed by atoms with van der Waals surface area (Å²) < 4.78 is 13.5. The van der Waals surface area contributed by atoms with Crippen molar-refractivity contribution in [3.05, 3.63) is 33.6 Å². The molecule has 21 heavy (non-hydrogen) atoms. The molecule has 0 aliphatic carbocycles. The van der Waals surface area contributed by atoms with Gasteiger partial charge in [0.25, 0.3) is 5.69 Å². The van der Waals surface area contributed by atoms with Crippen molar-refractivity contribution in [3.63, 3.8) is 0 Å². The highest BCUT2D eigenvalue weighted by atomic mass is 19.1. The quantitative estimate of drug-likeness (QED) is 0.565. The van der Waals surface area contributed by atoms with Crippen molar-refractivity contribution in [1.82, 2.24) is 5.32 Å². The Hall–Kier alpha value is -2.71. The Labute approximate surface area is 118 Å². The van der Waals surface area contributed by atoms with Gasteiger partial charge in [0.05, 0.1) is 16.6 Å². The smallest absolute Gasteiger partial charge is 0.338 e. The van der Waals surface area contributed by atoms with Crippen LogP contribution in [0, 0.1) is 15.9 Å². The second-order valence-corrected chi connectivity index (χ2v) is 4.54. The Kier molecular flexibility index (Phi) is 4.01. The number of nitro benzene ring substituents is 1. The molecular weight excluding hydrogens is 285 g/mol. The minimum atomic E-state index is -1.54. The molecular formula is C12H12FN3O5. The van der Waals surface area contributed by atoms with Gasteiger partial charge in [-0.3, -0.25) is 14.9 Å². The zero-order chi connectivity index (χ0) is 15.6. The molecule has 1 fully saturated rings. The number of hydrogen-bond donors (Lipinski definition) is 3. The molecule has 0 spiro atoms. The Morgan fingerprint density at radius 3 is 2.81 bits per heavy atom. The fraction of sp³-hybridized carbons (Fsp3) is 0.333. The van der Waals surface area contributed by atoms with E-state index in [1.54, 1.807) is 0 Å². The van der Waals surface area contributed by atoms with Crippen LogP contribution in [0.4, 0.5) is 15.8 Å². The molecule has 112 valence electrons. The second kappa shape index (κ2) is 5.73. The first-order valence-corrected chi connectivity index (χ1v) is 6.15. The number of rotatable bonds is 4. The van der Waals surface area contributed by atoms with Gasteiger partial charge in [-0.1, -0.05) is 0 Å². The molecule has 1 aromatic carbocycles. The SMILES string of the molecule is O=C(O)c1cc(NC2CCCNC2=O)c([N+](=O)[O-])cc1F. The van der Waals surface area contributed by atoms with Crippen molar-refractivity contribution in [2.24, 2.45) is 0 Å². The maximum atomic E-state index is 13.5. The molecule has 1 saturated heterocycles. The number of benzene rings is 1. The average Bonchev–Trinajstić information content (AvgIpc) is 2.42. The number of amides is 1.